The van der Waals surface area contributed by atoms with Crippen molar-refractivity contribution in [1.29, 1.82) is 0 Å². The Hall–Kier alpha value is -0.450. The molecule has 1 heterocycles. The van der Waals surface area contributed by atoms with E-state index in [1.807, 2.05) is 0 Å². The van der Waals surface area contributed by atoms with Gasteiger partial charge in [0.05, 0.1) is 25.9 Å². The van der Waals surface area contributed by atoms with Gasteiger partial charge in [-0.25, -0.2) is 0 Å². The summed E-state index contributed by atoms with van der Waals surface area (Å²) in [7, 11) is 0. The average molecular weight is 269 g/mol. The molecule has 2 fully saturated rings. The Bertz CT molecular complexity index is 269. The molecule has 0 spiro atoms. The number of Topliss-reactive ketones (excluding diaryl/α,β-unsaturated/α-hetero) is 1. The molecule has 110 valence electrons. The van der Waals surface area contributed by atoms with E-state index >= 15 is 0 Å². The van der Waals surface area contributed by atoms with Crippen molar-refractivity contribution in [1.82, 2.24) is 4.90 Å². The summed E-state index contributed by atoms with van der Waals surface area (Å²) >= 11 is 0. The van der Waals surface area contributed by atoms with Crippen LogP contribution in [0, 0.1) is 5.92 Å². The van der Waals surface area contributed by atoms with Gasteiger partial charge >= 0.3 is 0 Å². The highest BCUT2D eigenvalue weighted by Crippen LogP contribution is 2.25. The number of piperidine rings is 1. The van der Waals surface area contributed by atoms with E-state index in [0.29, 0.717) is 24.9 Å². The van der Waals surface area contributed by atoms with Crippen molar-refractivity contribution < 1.29 is 14.6 Å². The third-order valence-electron chi connectivity index (χ3n) is 4.42. The Labute approximate surface area is 116 Å². The quantitative estimate of drug-likeness (QED) is 0.796. The molecule has 0 amide bonds. The monoisotopic (exact) mass is 269 g/mol. The van der Waals surface area contributed by atoms with E-state index in [2.05, 4.69) is 4.90 Å². The molecule has 1 saturated heterocycles. The van der Waals surface area contributed by atoms with Crippen LogP contribution in [0.25, 0.3) is 0 Å². The molecule has 4 heteroatoms. The van der Waals surface area contributed by atoms with Crippen LogP contribution >= 0.6 is 0 Å². The first-order valence-electron chi connectivity index (χ1n) is 7.77. The normalized spacial score (nSPS) is 23.6. The van der Waals surface area contributed by atoms with Crippen LogP contribution in [-0.2, 0) is 9.53 Å². The molecule has 2 aliphatic rings. The van der Waals surface area contributed by atoms with E-state index < -0.39 is 0 Å². The van der Waals surface area contributed by atoms with Gasteiger partial charge in [-0.15, -0.1) is 0 Å². The zero-order valence-electron chi connectivity index (χ0n) is 11.9. The highest BCUT2D eigenvalue weighted by molar-refractivity contribution is 5.83. The van der Waals surface area contributed by atoms with E-state index in [9.17, 15) is 4.79 Å². The van der Waals surface area contributed by atoms with E-state index in [0.717, 1.165) is 38.8 Å². The molecule has 4 nitrogen and oxygen atoms in total. The zero-order chi connectivity index (χ0) is 13.5. The second kappa shape index (κ2) is 7.98. The first-order valence-corrected chi connectivity index (χ1v) is 7.77. The van der Waals surface area contributed by atoms with Crippen LogP contribution < -0.4 is 0 Å². The molecular formula is C15H27NO3. The summed E-state index contributed by atoms with van der Waals surface area (Å²) in [6, 6.07) is 0. The van der Waals surface area contributed by atoms with Gasteiger partial charge in [0.1, 0.15) is 5.78 Å². The summed E-state index contributed by atoms with van der Waals surface area (Å²) in [4.78, 5) is 14.5. The molecule has 1 aliphatic heterocycles. The highest BCUT2D eigenvalue weighted by Gasteiger charge is 2.25. The van der Waals surface area contributed by atoms with Crippen molar-refractivity contribution in [2.45, 2.75) is 51.0 Å². The van der Waals surface area contributed by atoms with Crippen LogP contribution in [0.4, 0.5) is 0 Å². The Morgan fingerprint density at radius 1 is 1.11 bits per heavy atom. The number of rotatable bonds is 6. The van der Waals surface area contributed by atoms with Crippen molar-refractivity contribution in [2.75, 3.05) is 32.8 Å². The van der Waals surface area contributed by atoms with Gasteiger partial charge < -0.3 is 9.84 Å². The van der Waals surface area contributed by atoms with Gasteiger partial charge in [-0.3, -0.25) is 9.69 Å². The predicted octanol–water partition coefficient (Wildman–Crippen LogP) is 1.61. The minimum absolute atomic E-state index is 0.0976. The topological polar surface area (TPSA) is 49.8 Å². The molecule has 1 N–H and O–H groups in total. The third kappa shape index (κ3) is 4.86. The number of likely N-dealkylation sites (tertiary alicyclic amines) is 1. The van der Waals surface area contributed by atoms with Gasteiger partial charge in [0.2, 0.25) is 0 Å². The van der Waals surface area contributed by atoms with Crippen molar-refractivity contribution >= 4 is 5.78 Å². The Morgan fingerprint density at radius 3 is 2.42 bits per heavy atom. The number of hydrogen-bond donors (Lipinski definition) is 1. The van der Waals surface area contributed by atoms with E-state index in [4.69, 9.17) is 9.84 Å². The maximum atomic E-state index is 12.2. The fourth-order valence-corrected chi connectivity index (χ4v) is 3.23. The lowest BCUT2D eigenvalue weighted by molar-refractivity contribution is -0.125. The molecular weight excluding hydrogens is 242 g/mol. The lowest BCUT2D eigenvalue weighted by Crippen LogP contribution is -2.41. The van der Waals surface area contributed by atoms with Crippen molar-refractivity contribution in [2.24, 2.45) is 5.92 Å². The summed E-state index contributed by atoms with van der Waals surface area (Å²) in [5, 5.41) is 8.73. The SMILES string of the molecule is O=C(CN1CCC(OCCO)CC1)C1CCCCC1. The van der Waals surface area contributed by atoms with Crippen LogP contribution in [0.15, 0.2) is 0 Å². The Kier molecular flexibility index (Phi) is 6.28. The third-order valence-corrected chi connectivity index (χ3v) is 4.42. The molecule has 0 unspecified atom stereocenters. The summed E-state index contributed by atoms with van der Waals surface area (Å²) < 4.78 is 5.54. The molecule has 0 bridgehead atoms. The highest BCUT2D eigenvalue weighted by atomic mass is 16.5. The first-order chi connectivity index (χ1) is 9.29. The van der Waals surface area contributed by atoms with E-state index in [-0.39, 0.29) is 12.7 Å². The van der Waals surface area contributed by atoms with Crippen molar-refractivity contribution in [3.05, 3.63) is 0 Å². The van der Waals surface area contributed by atoms with Crippen LogP contribution in [0.3, 0.4) is 0 Å². The number of aliphatic hydroxyl groups is 1. The molecule has 0 aromatic heterocycles. The summed E-state index contributed by atoms with van der Waals surface area (Å²) in [6.45, 7) is 3.08. The maximum absolute atomic E-state index is 12.2. The van der Waals surface area contributed by atoms with Crippen LogP contribution in [0.2, 0.25) is 0 Å². The minimum atomic E-state index is 0.0976. The molecule has 1 aliphatic carbocycles. The van der Waals surface area contributed by atoms with Gasteiger partial charge in [-0.2, -0.15) is 0 Å². The fraction of sp³-hybridized carbons (Fsp3) is 0.933. The number of nitrogens with zero attached hydrogens (tertiary/aromatic N) is 1. The van der Waals surface area contributed by atoms with Crippen LogP contribution in [0.1, 0.15) is 44.9 Å². The van der Waals surface area contributed by atoms with Gasteiger partial charge in [0, 0.05) is 19.0 Å². The molecule has 2 rings (SSSR count). The first kappa shape index (κ1) is 14.9. The summed E-state index contributed by atoms with van der Waals surface area (Å²) in [5.41, 5.74) is 0. The summed E-state index contributed by atoms with van der Waals surface area (Å²) in [6.07, 6.45) is 8.21. The zero-order valence-corrected chi connectivity index (χ0v) is 11.9. The smallest absolute Gasteiger partial charge is 0.149 e. The van der Waals surface area contributed by atoms with Crippen LogP contribution in [0.5, 0.6) is 0 Å². The second-order valence-corrected chi connectivity index (χ2v) is 5.87. The van der Waals surface area contributed by atoms with Crippen molar-refractivity contribution in [3.8, 4) is 0 Å². The maximum Gasteiger partial charge on any atom is 0.149 e. The number of aliphatic hydroxyl groups excluding tert-OH is 1. The van der Waals surface area contributed by atoms with Gasteiger partial charge in [0.25, 0.3) is 0 Å². The Balaban J connectivity index is 1.65. The number of carbonyl (C=O) groups excluding carboxylic acids is 1. The molecule has 0 atom stereocenters. The lowest BCUT2D eigenvalue weighted by Gasteiger charge is -2.32. The number of ketones is 1. The molecule has 0 aromatic carbocycles. The molecule has 0 radical (unpaired) electrons. The van der Waals surface area contributed by atoms with E-state index in [1.165, 1.54) is 19.3 Å². The molecule has 19 heavy (non-hydrogen) atoms. The van der Waals surface area contributed by atoms with E-state index in [1.54, 1.807) is 0 Å². The lowest BCUT2D eigenvalue weighted by atomic mass is 9.86. The van der Waals surface area contributed by atoms with Gasteiger partial charge in [-0.1, -0.05) is 19.3 Å². The molecule has 1 saturated carbocycles. The average Bonchev–Trinajstić information content (AvgIpc) is 2.47. The second-order valence-electron chi connectivity index (χ2n) is 5.87. The van der Waals surface area contributed by atoms with Crippen molar-refractivity contribution in [3.63, 3.8) is 0 Å². The standard InChI is InChI=1S/C15H27NO3/c17-10-11-19-14-6-8-16(9-7-14)12-15(18)13-4-2-1-3-5-13/h13-14,17H,1-12H2. The summed E-state index contributed by atoms with van der Waals surface area (Å²) in [5.74, 6) is 0.784. The number of carbonyl (C=O) groups is 1. The molecule has 0 aromatic rings. The minimum Gasteiger partial charge on any atom is -0.394 e. The van der Waals surface area contributed by atoms with Gasteiger partial charge in [-0.05, 0) is 25.7 Å². The largest absolute Gasteiger partial charge is 0.394 e. The fourth-order valence-electron chi connectivity index (χ4n) is 3.23. The number of hydrogen-bond acceptors (Lipinski definition) is 4. The number of ether oxygens (including phenoxy) is 1. The van der Waals surface area contributed by atoms with Crippen LogP contribution in [-0.4, -0.2) is 54.7 Å². The predicted molar refractivity (Wildman–Crippen MR) is 74.1 cm³/mol. The van der Waals surface area contributed by atoms with Gasteiger partial charge in [0.15, 0.2) is 0 Å². The Morgan fingerprint density at radius 2 is 1.79 bits per heavy atom.